The molecule has 122 valence electrons. The fourth-order valence-electron chi connectivity index (χ4n) is 4.35. The van der Waals surface area contributed by atoms with Gasteiger partial charge in [0.2, 0.25) is 0 Å². The van der Waals surface area contributed by atoms with E-state index in [1.165, 1.54) is 77.3 Å². The van der Waals surface area contributed by atoms with Crippen LogP contribution in [0.5, 0.6) is 0 Å². The molecule has 2 heteroatoms. The number of rotatable bonds is 9. The summed E-state index contributed by atoms with van der Waals surface area (Å²) in [7, 11) is 0. The highest BCUT2D eigenvalue weighted by Gasteiger charge is 2.45. The van der Waals surface area contributed by atoms with Crippen molar-refractivity contribution >= 4 is 5.78 Å². The van der Waals surface area contributed by atoms with Crippen LogP contribution in [0, 0.1) is 0 Å². The first-order valence-corrected chi connectivity index (χ1v) is 9.58. The van der Waals surface area contributed by atoms with Crippen molar-refractivity contribution in [2.45, 2.75) is 102 Å². The Morgan fingerprint density at radius 1 is 0.857 bits per heavy atom. The molecular weight excluding hydrogens is 258 g/mol. The van der Waals surface area contributed by atoms with E-state index in [0.717, 1.165) is 25.7 Å². The predicted molar refractivity (Wildman–Crippen MR) is 89.6 cm³/mol. The van der Waals surface area contributed by atoms with Crippen LogP contribution in [0.1, 0.15) is 96.8 Å². The Hall–Kier alpha value is -0.370. The zero-order valence-corrected chi connectivity index (χ0v) is 14.2. The summed E-state index contributed by atoms with van der Waals surface area (Å²) in [6, 6.07) is 0. The van der Waals surface area contributed by atoms with Gasteiger partial charge < -0.3 is 0 Å². The van der Waals surface area contributed by atoms with Gasteiger partial charge in [0.1, 0.15) is 0 Å². The molecule has 21 heavy (non-hydrogen) atoms. The maximum absolute atomic E-state index is 12.9. The Balaban J connectivity index is 1.79. The van der Waals surface area contributed by atoms with Crippen molar-refractivity contribution < 1.29 is 4.79 Å². The predicted octanol–water partition coefficient (Wildman–Crippen LogP) is 5.10. The van der Waals surface area contributed by atoms with Crippen molar-refractivity contribution in [1.82, 2.24) is 4.90 Å². The van der Waals surface area contributed by atoms with E-state index in [1.807, 2.05) is 0 Å². The second-order valence-electron chi connectivity index (χ2n) is 7.23. The molecule has 0 spiro atoms. The molecule has 2 aliphatic rings. The lowest BCUT2D eigenvalue weighted by molar-refractivity contribution is -0.132. The van der Waals surface area contributed by atoms with Crippen LogP contribution in [-0.2, 0) is 4.79 Å². The average Bonchev–Trinajstić information content (AvgIpc) is 3.02. The molecule has 0 atom stereocenters. The van der Waals surface area contributed by atoms with E-state index in [9.17, 15) is 4.79 Å². The van der Waals surface area contributed by atoms with Crippen LogP contribution in [0.2, 0.25) is 0 Å². The summed E-state index contributed by atoms with van der Waals surface area (Å²) < 4.78 is 0. The molecule has 1 aliphatic carbocycles. The molecule has 0 radical (unpaired) electrons. The Bertz CT molecular complexity index is 301. The number of likely N-dealkylation sites (tertiary alicyclic amines) is 1. The van der Waals surface area contributed by atoms with Crippen LogP contribution in [0.15, 0.2) is 0 Å². The summed E-state index contributed by atoms with van der Waals surface area (Å²) in [4.78, 5) is 15.5. The van der Waals surface area contributed by atoms with E-state index in [1.54, 1.807) is 0 Å². The molecular formula is C19H35NO. The first-order chi connectivity index (χ1) is 10.3. The lowest BCUT2D eigenvalue weighted by Gasteiger charge is -2.42. The van der Waals surface area contributed by atoms with Crippen LogP contribution in [0.25, 0.3) is 0 Å². The summed E-state index contributed by atoms with van der Waals surface area (Å²) in [6.45, 7) is 4.59. The third-order valence-electron chi connectivity index (χ3n) is 5.67. The van der Waals surface area contributed by atoms with E-state index in [-0.39, 0.29) is 5.54 Å². The molecule has 0 aromatic rings. The Morgan fingerprint density at radius 3 is 2.14 bits per heavy atom. The van der Waals surface area contributed by atoms with E-state index in [0.29, 0.717) is 5.78 Å². The Morgan fingerprint density at radius 2 is 1.48 bits per heavy atom. The number of hydrogen-bond donors (Lipinski definition) is 0. The average molecular weight is 293 g/mol. The second-order valence-corrected chi connectivity index (χ2v) is 7.23. The smallest absolute Gasteiger partial charge is 0.153 e. The number of carbonyl (C=O) groups excluding carboxylic acids is 1. The number of hydrogen-bond acceptors (Lipinski definition) is 2. The molecule has 1 saturated heterocycles. The quantitative estimate of drug-likeness (QED) is 0.551. The van der Waals surface area contributed by atoms with Crippen molar-refractivity contribution in [3.63, 3.8) is 0 Å². The molecule has 2 fully saturated rings. The van der Waals surface area contributed by atoms with E-state index < -0.39 is 0 Å². The number of piperidine rings is 1. The Kier molecular flexibility index (Phi) is 7.22. The molecule has 0 unspecified atom stereocenters. The Labute approximate surface area is 131 Å². The molecule has 1 saturated carbocycles. The van der Waals surface area contributed by atoms with Crippen molar-refractivity contribution in [3.05, 3.63) is 0 Å². The molecule has 0 aromatic carbocycles. The van der Waals surface area contributed by atoms with Gasteiger partial charge in [0.15, 0.2) is 5.78 Å². The minimum absolute atomic E-state index is 0.0379. The highest BCUT2D eigenvalue weighted by molar-refractivity contribution is 5.88. The van der Waals surface area contributed by atoms with Gasteiger partial charge in [-0.2, -0.15) is 0 Å². The lowest BCUT2D eigenvalue weighted by atomic mass is 9.85. The SMILES string of the molecule is CCCCCCCCC(=O)C1(N2CCCCC2)CCCC1. The molecule has 0 aromatic heterocycles. The van der Waals surface area contributed by atoms with Crippen LogP contribution in [0.3, 0.4) is 0 Å². The van der Waals surface area contributed by atoms with Gasteiger partial charge in [0, 0.05) is 6.42 Å². The normalized spacial score (nSPS) is 22.5. The highest BCUT2D eigenvalue weighted by atomic mass is 16.1. The van der Waals surface area contributed by atoms with Crippen molar-refractivity contribution in [1.29, 1.82) is 0 Å². The topological polar surface area (TPSA) is 20.3 Å². The fourth-order valence-corrected chi connectivity index (χ4v) is 4.35. The van der Waals surface area contributed by atoms with E-state index in [2.05, 4.69) is 11.8 Å². The molecule has 0 bridgehead atoms. The standard InChI is InChI=1S/C19H35NO/c1-2-3-4-5-6-8-13-18(21)19(14-9-10-15-19)20-16-11-7-12-17-20/h2-17H2,1H3. The molecule has 1 heterocycles. The maximum Gasteiger partial charge on any atom is 0.153 e. The monoisotopic (exact) mass is 293 g/mol. The molecule has 0 amide bonds. The summed E-state index contributed by atoms with van der Waals surface area (Å²) >= 11 is 0. The summed E-state index contributed by atoms with van der Waals surface area (Å²) in [5.41, 5.74) is -0.0379. The van der Waals surface area contributed by atoms with Gasteiger partial charge in [0.25, 0.3) is 0 Å². The largest absolute Gasteiger partial charge is 0.298 e. The van der Waals surface area contributed by atoms with Crippen LogP contribution >= 0.6 is 0 Å². The first kappa shape index (κ1) is 17.0. The minimum Gasteiger partial charge on any atom is -0.298 e. The molecule has 1 aliphatic heterocycles. The van der Waals surface area contributed by atoms with Crippen molar-refractivity contribution in [3.8, 4) is 0 Å². The van der Waals surface area contributed by atoms with Crippen molar-refractivity contribution in [2.75, 3.05) is 13.1 Å². The highest BCUT2D eigenvalue weighted by Crippen LogP contribution is 2.38. The fraction of sp³-hybridized carbons (Fsp3) is 0.947. The third kappa shape index (κ3) is 4.55. The zero-order valence-electron chi connectivity index (χ0n) is 14.2. The zero-order chi connectivity index (χ0) is 15.0. The number of carbonyl (C=O) groups is 1. The van der Waals surface area contributed by atoms with Gasteiger partial charge in [0.05, 0.1) is 5.54 Å². The maximum atomic E-state index is 12.9. The number of ketones is 1. The van der Waals surface area contributed by atoms with Gasteiger partial charge >= 0.3 is 0 Å². The van der Waals surface area contributed by atoms with E-state index in [4.69, 9.17) is 0 Å². The van der Waals surface area contributed by atoms with Gasteiger partial charge in [-0.15, -0.1) is 0 Å². The van der Waals surface area contributed by atoms with Crippen LogP contribution in [0.4, 0.5) is 0 Å². The van der Waals surface area contributed by atoms with Gasteiger partial charge in [-0.05, 0) is 45.2 Å². The van der Waals surface area contributed by atoms with Gasteiger partial charge in [-0.3, -0.25) is 9.69 Å². The summed E-state index contributed by atoms with van der Waals surface area (Å²) in [5.74, 6) is 0.581. The molecule has 0 N–H and O–H groups in total. The third-order valence-corrected chi connectivity index (χ3v) is 5.67. The number of unbranched alkanes of at least 4 members (excludes halogenated alkanes) is 5. The van der Waals surface area contributed by atoms with Gasteiger partial charge in [-0.1, -0.05) is 58.3 Å². The lowest BCUT2D eigenvalue weighted by Crippen LogP contribution is -2.54. The number of nitrogens with zero attached hydrogens (tertiary/aromatic N) is 1. The minimum atomic E-state index is -0.0379. The first-order valence-electron chi connectivity index (χ1n) is 9.58. The summed E-state index contributed by atoms with van der Waals surface area (Å²) in [5, 5.41) is 0. The molecule has 2 rings (SSSR count). The molecule has 2 nitrogen and oxygen atoms in total. The summed E-state index contributed by atoms with van der Waals surface area (Å²) in [6.07, 6.45) is 17.3. The van der Waals surface area contributed by atoms with Crippen molar-refractivity contribution in [2.24, 2.45) is 0 Å². The second kappa shape index (κ2) is 8.92. The van der Waals surface area contributed by atoms with Gasteiger partial charge in [-0.25, -0.2) is 0 Å². The number of Topliss-reactive ketones (excluding diaryl/α,β-unsaturated/α-hetero) is 1. The van der Waals surface area contributed by atoms with Crippen LogP contribution < -0.4 is 0 Å². The van der Waals surface area contributed by atoms with E-state index >= 15 is 0 Å². The van der Waals surface area contributed by atoms with Crippen LogP contribution in [-0.4, -0.2) is 29.3 Å².